The van der Waals surface area contributed by atoms with E-state index in [-0.39, 0.29) is 23.7 Å². The Kier molecular flexibility index (Phi) is 6.44. The molecule has 3 rings (SSSR count). The first-order valence-corrected chi connectivity index (χ1v) is 9.79. The second kappa shape index (κ2) is 7.98. The third-order valence-electron chi connectivity index (χ3n) is 4.63. The summed E-state index contributed by atoms with van der Waals surface area (Å²) in [6, 6.07) is -1.15. The van der Waals surface area contributed by atoms with E-state index in [4.69, 9.17) is 9.47 Å². The number of guanidine groups is 1. The maximum atomic E-state index is 12.6. The molecule has 9 nitrogen and oxygen atoms in total. The fourth-order valence-electron chi connectivity index (χ4n) is 3.20. The molecule has 0 bridgehead atoms. The van der Waals surface area contributed by atoms with Gasteiger partial charge in [-0.2, -0.15) is 0 Å². The lowest BCUT2D eigenvalue weighted by Gasteiger charge is -2.44. The molecule has 0 spiro atoms. The highest BCUT2D eigenvalue weighted by Gasteiger charge is 2.64. The monoisotopic (exact) mass is 434 g/mol. The fraction of sp³-hybridized carbons (Fsp3) is 0.765. The van der Waals surface area contributed by atoms with Gasteiger partial charge in [0.1, 0.15) is 17.5 Å². The lowest BCUT2D eigenvalue weighted by molar-refractivity contribution is -0.180. The molecule has 158 valence electrons. The zero-order chi connectivity index (χ0) is 20.0. The number of β-lactam (4-membered cyclic amide) rings is 1. The summed E-state index contributed by atoms with van der Waals surface area (Å²) in [5, 5.41) is 6.02. The van der Waals surface area contributed by atoms with Gasteiger partial charge in [-0.3, -0.25) is 14.6 Å². The molecule has 0 aromatic heterocycles. The molecule has 11 heteroatoms. The van der Waals surface area contributed by atoms with Crippen molar-refractivity contribution in [3.05, 3.63) is 0 Å². The van der Waals surface area contributed by atoms with Crippen molar-refractivity contribution in [3.8, 4) is 0 Å². The largest absolute Gasteiger partial charge is 0.427 e. The number of esters is 2. The molecule has 28 heavy (non-hydrogen) atoms. The molecular weight excluding hydrogens is 408 g/mol. The SMILES string of the molecule is CC(C)(C)C(=O)OCOC(=O)C1N2C(=O)C(NC3=NCCN3)[C@@H]2SC1(C)C.Cl. The van der Waals surface area contributed by atoms with Crippen molar-refractivity contribution in [3.63, 3.8) is 0 Å². The Morgan fingerprint density at radius 2 is 2.04 bits per heavy atom. The van der Waals surface area contributed by atoms with Crippen LogP contribution in [0.5, 0.6) is 0 Å². The number of rotatable bonds is 4. The van der Waals surface area contributed by atoms with Gasteiger partial charge in [0.25, 0.3) is 0 Å². The Hall–Kier alpha value is -1.68. The Morgan fingerprint density at radius 3 is 2.61 bits per heavy atom. The Morgan fingerprint density at radius 1 is 1.36 bits per heavy atom. The molecular formula is C17H27ClN4O5S. The van der Waals surface area contributed by atoms with Crippen molar-refractivity contribution in [1.29, 1.82) is 0 Å². The van der Waals surface area contributed by atoms with Crippen LogP contribution in [0.4, 0.5) is 0 Å². The number of ether oxygens (including phenoxy) is 2. The van der Waals surface area contributed by atoms with Crippen LogP contribution in [0.15, 0.2) is 4.99 Å². The minimum absolute atomic E-state index is 0. The third kappa shape index (κ3) is 4.17. The summed E-state index contributed by atoms with van der Waals surface area (Å²) in [7, 11) is 0. The van der Waals surface area contributed by atoms with Gasteiger partial charge in [-0.15, -0.1) is 24.2 Å². The number of carbonyl (C=O) groups excluding carboxylic acids is 3. The van der Waals surface area contributed by atoms with Crippen LogP contribution < -0.4 is 10.6 Å². The average molecular weight is 435 g/mol. The second-order valence-electron chi connectivity index (χ2n) is 8.30. The highest BCUT2D eigenvalue weighted by molar-refractivity contribution is 8.01. The van der Waals surface area contributed by atoms with Crippen LogP contribution in [-0.2, 0) is 23.9 Å². The van der Waals surface area contributed by atoms with E-state index < -0.39 is 41.0 Å². The van der Waals surface area contributed by atoms with Crippen molar-refractivity contribution in [2.24, 2.45) is 10.4 Å². The zero-order valence-electron chi connectivity index (χ0n) is 16.6. The molecule has 3 atom stereocenters. The summed E-state index contributed by atoms with van der Waals surface area (Å²) in [4.78, 5) is 42.8. The van der Waals surface area contributed by atoms with Gasteiger partial charge < -0.3 is 25.0 Å². The smallest absolute Gasteiger partial charge is 0.333 e. The molecule has 0 radical (unpaired) electrons. The molecule has 1 amide bonds. The fourth-order valence-corrected chi connectivity index (χ4v) is 4.83. The number of nitrogens with zero attached hydrogens (tertiary/aromatic N) is 2. The zero-order valence-corrected chi connectivity index (χ0v) is 18.2. The summed E-state index contributed by atoms with van der Waals surface area (Å²) in [6.07, 6.45) is 0. The number of halogens is 1. The normalized spacial score (nSPS) is 27.6. The quantitative estimate of drug-likeness (QED) is 0.373. The highest BCUT2D eigenvalue weighted by Crippen LogP contribution is 2.51. The van der Waals surface area contributed by atoms with Gasteiger partial charge in [0.2, 0.25) is 12.7 Å². The predicted molar refractivity (Wildman–Crippen MR) is 107 cm³/mol. The molecule has 0 saturated carbocycles. The van der Waals surface area contributed by atoms with E-state index in [1.807, 2.05) is 13.8 Å². The molecule has 0 aliphatic carbocycles. The first-order valence-electron chi connectivity index (χ1n) is 8.91. The predicted octanol–water partition coefficient (Wildman–Crippen LogP) is 0.478. The summed E-state index contributed by atoms with van der Waals surface area (Å²) in [6.45, 7) is 9.92. The maximum Gasteiger partial charge on any atom is 0.333 e. The molecule has 3 aliphatic rings. The molecule has 3 aliphatic heterocycles. The Labute approximate surface area is 174 Å². The van der Waals surface area contributed by atoms with Gasteiger partial charge in [-0.05, 0) is 34.6 Å². The van der Waals surface area contributed by atoms with Crippen LogP contribution >= 0.6 is 24.2 Å². The van der Waals surface area contributed by atoms with E-state index >= 15 is 0 Å². The topological polar surface area (TPSA) is 109 Å². The van der Waals surface area contributed by atoms with Crippen LogP contribution in [0.3, 0.4) is 0 Å². The Balaban J connectivity index is 0.00000280. The van der Waals surface area contributed by atoms with E-state index in [0.717, 1.165) is 6.54 Å². The molecule has 2 N–H and O–H groups in total. The van der Waals surface area contributed by atoms with Gasteiger partial charge >= 0.3 is 11.9 Å². The summed E-state index contributed by atoms with van der Waals surface area (Å²) in [5.74, 6) is -0.572. The number of amides is 1. The van der Waals surface area contributed by atoms with Crippen LogP contribution in [0.2, 0.25) is 0 Å². The molecule has 3 heterocycles. The number of aliphatic imine (C=N–C) groups is 1. The van der Waals surface area contributed by atoms with Crippen LogP contribution in [-0.4, -0.2) is 70.8 Å². The van der Waals surface area contributed by atoms with E-state index in [9.17, 15) is 14.4 Å². The first kappa shape index (κ1) is 22.6. The van der Waals surface area contributed by atoms with Crippen LogP contribution in [0.25, 0.3) is 0 Å². The summed E-state index contributed by atoms with van der Waals surface area (Å²) in [5.41, 5.74) is -0.677. The van der Waals surface area contributed by atoms with E-state index in [1.54, 1.807) is 37.4 Å². The molecule has 2 fully saturated rings. The summed E-state index contributed by atoms with van der Waals surface area (Å²) < 4.78 is 9.62. The third-order valence-corrected chi connectivity index (χ3v) is 6.21. The number of hydrogen-bond acceptors (Lipinski definition) is 9. The highest BCUT2D eigenvalue weighted by atomic mass is 35.5. The lowest BCUT2D eigenvalue weighted by Crippen LogP contribution is -2.71. The molecule has 0 aromatic carbocycles. The van der Waals surface area contributed by atoms with Crippen molar-refractivity contribution in [1.82, 2.24) is 15.5 Å². The number of nitrogens with one attached hydrogen (secondary N) is 2. The molecule has 2 saturated heterocycles. The standard InChI is InChI=1S/C17H26N4O5S.ClH/c1-16(2,3)14(24)26-8-25-13(23)10-17(4,5)27-12-9(11(22)21(10)12)20-15-18-6-7-19-15;/h9-10,12H,6-8H2,1-5H3,(H2,18,19,20);1H/t9?,10?,12-;/m0./s1. The first-order chi connectivity index (χ1) is 12.5. The average Bonchev–Trinajstić information content (AvgIpc) is 3.15. The van der Waals surface area contributed by atoms with Gasteiger partial charge in [-0.1, -0.05) is 0 Å². The van der Waals surface area contributed by atoms with Crippen LogP contribution in [0.1, 0.15) is 34.6 Å². The number of carbonyl (C=O) groups is 3. The maximum absolute atomic E-state index is 12.6. The second-order valence-corrected chi connectivity index (χ2v) is 10.1. The number of thioether (sulfide) groups is 1. The van der Waals surface area contributed by atoms with E-state index in [2.05, 4.69) is 15.6 Å². The van der Waals surface area contributed by atoms with Crippen LogP contribution in [0, 0.1) is 5.41 Å². The van der Waals surface area contributed by atoms with Gasteiger partial charge in [0.15, 0.2) is 5.96 Å². The minimum atomic E-state index is -0.732. The van der Waals surface area contributed by atoms with E-state index in [0.29, 0.717) is 12.5 Å². The van der Waals surface area contributed by atoms with Gasteiger partial charge in [0, 0.05) is 11.3 Å². The lowest BCUT2D eigenvalue weighted by atomic mass is 9.96. The van der Waals surface area contributed by atoms with Gasteiger partial charge in [-0.25, -0.2) is 4.79 Å². The summed E-state index contributed by atoms with van der Waals surface area (Å²) >= 11 is 1.54. The number of fused-ring (bicyclic) bond motifs is 1. The molecule has 2 unspecified atom stereocenters. The van der Waals surface area contributed by atoms with Crippen molar-refractivity contribution in [2.45, 2.75) is 56.8 Å². The molecule has 0 aromatic rings. The van der Waals surface area contributed by atoms with Crippen molar-refractivity contribution < 1.29 is 23.9 Å². The number of hydrogen-bond donors (Lipinski definition) is 2. The van der Waals surface area contributed by atoms with Crippen molar-refractivity contribution in [2.75, 3.05) is 19.9 Å². The minimum Gasteiger partial charge on any atom is -0.427 e. The van der Waals surface area contributed by atoms with Gasteiger partial charge in [0.05, 0.1) is 12.0 Å². The van der Waals surface area contributed by atoms with E-state index in [1.165, 1.54) is 0 Å². The van der Waals surface area contributed by atoms with Crippen molar-refractivity contribution >= 4 is 48.0 Å². The Bertz CT molecular complexity index is 694.